The first-order valence-corrected chi connectivity index (χ1v) is 6.12. The molecule has 0 saturated carbocycles. The van der Waals surface area contributed by atoms with Gasteiger partial charge in [0.1, 0.15) is 5.54 Å². The summed E-state index contributed by atoms with van der Waals surface area (Å²) in [7, 11) is 0. The van der Waals surface area contributed by atoms with Crippen LogP contribution in [-0.2, 0) is 16.8 Å². The van der Waals surface area contributed by atoms with Crippen LogP contribution in [0.15, 0.2) is 24.3 Å². The Morgan fingerprint density at radius 3 is 2.29 bits per heavy atom. The van der Waals surface area contributed by atoms with Crippen LogP contribution in [0.3, 0.4) is 0 Å². The number of aryl methyl sites for hydroxylation is 1. The molecule has 1 aromatic rings. The zero-order chi connectivity index (χ0) is 12.9. The van der Waals surface area contributed by atoms with Crippen LogP contribution >= 0.6 is 0 Å². The molecule has 0 aliphatic heterocycles. The highest BCUT2D eigenvalue weighted by molar-refractivity contribution is 5.80. The molecule has 3 nitrogen and oxygen atoms in total. The number of aliphatic carboxylic acids is 1. The van der Waals surface area contributed by atoms with E-state index < -0.39 is 11.5 Å². The Bertz CT molecular complexity index is 372. The maximum Gasteiger partial charge on any atom is 0.328 e. The van der Waals surface area contributed by atoms with E-state index in [9.17, 15) is 9.90 Å². The summed E-state index contributed by atoms with van der Waals surface area (Å²) < 4.78 is 0. The largest absolute Gasteiger partial charge is 0.480 e. The number of hydrogen-bond acceptors (Lipinski definition) is 2. The van der Waals surface area contributed by atoms with E-state index in [-0.39, 0.29) is 0 Å². The minimum absolute atomic E-state index is 0.693. The molecule has 0 heterocycles. The third-order valence-electron chi connectivity index (χ3n) is 3.10. The number of nitrogens with one attached hydrogen (secondary N) is 1. The monoisotopic (exact) mass is 235 g/mol. The quantitative estimate of drug-likeness (QED) is 0.796. The summed E-state index contributed by atoms with van der Waals surface area (Å²) >= 11 is 0. The fourth-order valence-electron chi connectivity index (χ4n) is 1.75. The van der Waals surface area contributed by atoms with Crippen molar-refractivity contribution in [2.45, 2.75) is 39.2 Å². The molecule has 0 fully saturated rings. The van der Waals surface area contributed by atoms with Gasteiger partial charge in [0.2, 0.25) is 0 Å². The van der Waals surface area contributed by atoms with Gasteiger partial charge in [-0.15, -0.1) is 0 Å². The number of carboxylic acids is 1. The smallest absolute Gasteiger partial charge is 0.328 e. The Morgan fingerprint density at radius 2 is 1.88 bits per heavy atom. The third kappa shape index (κ3) is 3.07. The zero-order valence-corrected chi connectivity index (χ0v) is 10.8. The van der Waals surface area contributed by atoms with Crippen molar-refractivity contribution in [3.8, 4) is 0 Å². The van der Waals surface area contributed by atoms with Gasteiger partial charge in [0.15, 0.2) is 0 Å². The van der Waals surface area contributed by atoms with Gasteiger partial charge in [-0.3, -0.25) is 5.32 Å². The van der Waals surface area contributed by atoms with E-state index >= 15 is 0 Å². The van der Waals surface area contributed by atoms with Gasteiger partial charge in [-0.1, -0.05) is 38.1 Å². The van der Waals surface area contributed by atoms with Crippen LogP contribution in [0, 0.1) is 0 Å². The molecule has 3 heteroatoms. The molecule has 0 saturated heterocycles. The zero-order valence-electron chi connectivity index (χ0n) is 10.8. The summed E-state index contributed by atoms with van der Waals surface area (Å²) in [6.07, 6.45) is 1.88. The third-order valence-corrected chi connectivity index (χ3v) is 3.10. The van der Waals surface area contributed by atoms with E-state index in [2.05, 4.69) is 12.2 Å². The van der Waals surface area contributed by atoms with Crippen molar-refractivity contribution in [1.29, 1.82) is 0 Å². The highest BCUT2D eigenvalue weighted by atomic mass is 16.4. The first-order chi connectivity index (χ1) is 8.04. The van der Waals surface area contributed by atoms with Gasteiger partial charge in [0, 0.05) is 0 Å². The van der Waals surface area contributed by atoms with Gasteiger partial charge >= 0.3 is 5.97 Å². The Kier molecular flexibility index (Phi) is 4.70. The Labute approximate surface area is 103 Å². The first kappa shape index (κ1) is 13.7. The SMILES string of the molecule is CCCNC(C)(C(=O)O)c1ccc(CC)cc1. The van der Waals surface area contributed by atoms with Gasteiger partial charge in [0.05, 0.1) is 0 Å². The van der Waals surface area contributed by atoms with Crippen molar-refractivity contribution < 1.29 is 9.90 Å². The molecular weight excluding hydrogens is 214 g/mol. The van der Waals surface area contributed by atoms with E-state index in [1.165, 1.54) is 5.56 Å². The minimum atomic E-state index is -0.998. The Hall–Kier alpha value is -1.35. The molecule has 1 aromatic carbocycles. The molecule has 0 radical (unpaired) electrons. The van der Waals surface area contributed by atoms with Crippen LogP contribution in [0.5, 0.6) is 0 Å². The molecular formula is C14H21NO2. The highest BCUT2D eigenvalue weighted by Crippen LogP contribution is 2.21. The van der Waals surface area contributed by atoms with Crippen LogP contribution < -0.4 is 5.32 Å². The van der Waals surface area contributed by atoms with Crippen molar-refractivity contribution in [1.82, 2.24) is 5.32 Å². The molecule has 0 aliphatic rings. The standard InChI is InChI=1S/C14H21NO2/c1-4-10-15-14(3,13(16)17)12-8-6-11(5-2)7-9-12/h6-9,15H,4-5,10H2,1-3H3,(H,16,17). The van der Waals surface area contributed by atoms with E-state index in [1.807, 2.05) is 31.2 Å². The number of hydrogen-bond donors (Lipinski definition) is 2. The number of carboxylic acid groups (broad SMARTS) is 1. The molecule has 2 N–H and O–H groups in total. The summed E-state index contributed by atoms with van der Waals surface area (Å²) in [6, 6.07) is 7.78. The second-order valence-corrected chi connectivity index (χ2v) is 4.41. The number of benzene rings is 1. The van der Waals surface area contributed by atoms with Crippen LogP contribution in [0.25, 0.3) is 0 Å². The molecule has 1 rings (SSSR count). The second kappa shape index (κ2) is 5.82. The van der Waals surface area contributed by atoms with E-state index in [1.54, 1.807) is 6.92 Å². The Morgan fingerprint density at radius 1 is 1.29 bits per heavy atom. The fourth-order valence-corrected chi connectivity index (χ4v) is 1.75. The minimum Gasteiger partial charge on any atom is -0.480 e. The predicted molar refractivity (Wildman–Crippen MR) is 69.1 cm³/mol. The van der Waals surface area contributed by atoms with Crippen LogP contribution in [-0.4, -0.2) is 17.6 Å². The van der Waals surface area contributed by atoms with Gasteiger partial charge in [-0.2, -0.15) is 0 Å². The van der Waals surface area contributed by atoms with Gasteiger partial charge in [0.25, 0.3) is 0 Å². The lowest BCUT2D eigenvalue weighted by Crippen LogP contribution is -2.46. The van der Waals surface area contributed by atoms with Crippen molar-refractivity contribution in [3.05, 3.63) is 35.4 Å². The Balaban J connectivity index is 3.00. The normalized spacial score (nSPS) is 14.3. The molecule has 0 amide bonds. The number of rotatable bonds is 6. The summed E-state index contributed by atoms with van der Waals surface area (Å²) in [4.78, 5) is 11.4. The maximum atomic E-state index is 11.4. The van der Waals surface area contributed by atoms with Crippen molar-refractivity contribution in [2.75, 3.05) is 6.54 Å². The van der Waals surface area contributed by atoms with Crippen molar-refractivity contribution in [2.24, 2.45) is 0 Å². The lowest BCUT2D eigenvalue weighted by atomic mass is 9.91. The van der Waals surface area contributed by atoms with Crippen molar-refractivity contribution in [3.63, 3.8) is 0 Å². The highest BCUT2D eigenvalue weighted by Gasteiger charge is 2.34. The van der Waals surface area contributed by atoms with E-state index in [0.29, 0.717) is 6.54 Å². The van der Waals surface area contributed by atoms with Crippen molar-refractivity contribution >= 4 is 5.97 Å². The molecule has 1 unspecified atom stereocenters. The predicted octanol–water partition coefficient (Wildman–Crippen LogP) is 2.55. The molecule has 17 heavy (non-hydrogen) atoms. The molecule has 1 atom stereocenters. The first-order valence-electron chi connectivity index (χ1n) is 6.12. The fraction of sp³-hybridized carbons (Fsp3) is 0.500. The lowest BCUT2D eigenvalue weighted by molar-refractivity contribution is -0.144. The van der Waals surface area contributed by atoms with E-state index in [4.69, 9.17) is 0 Å². The van der Waals surface area contributed by atoms with Gasteiger partial charge in [-0.05, 0) is 37.4 Å². The van der Waals surface area contributed by atoms with Gasteiger partial charge in [-0.25, -0.2) is 4.79 Å². The summed E-state index contributed by atoms with van der Waals surface area (Å²) in [5.41, 5.74) is 1.02. The average Bonchev–Trinajstić information content (AvgIpc) is 2.35. The summed E-state index contributed by atoms with van der Waals surface area (Å²) in [5.74, 6) is -0.838. The molecule has 94 valence electrons. The summed E-state index contributed by atoms with van der Waals surface area (Å²) in [6.45, 7) is 6.51. The van der Waals surface area contributed by atoms with E-state index in [0.717, 1.165) is 18.4 Å². The summed E-state index contributed by atoms with van der Waals surface area (Å²) in [5, 5.41) is 12.5. The second-order valence-electron chi connectivity index (χ2n) is 4.41. The number of carbonyl (C=O) groups is 1. The van der Waals surface area contributed by atoms with Crippen LogP contribution in [0.1, 0.15) is 38.3 Å². The lowest BCUT2D eigenvalue weighted by Gasteiger charge is -2.27. The molecule has 0 spiro atoms. The average molecular weight is 235 g/mol. The molecule has 0 aliphatic carbocycles. The van der Waals surface area contributed by atoms with Gasteiger partial charge < -0.3 is 5.11 Å². The van der Waals surface area contributed by atoms with Crippen LogP contribution in [0.4, 0.5) is 0 Å². The topological polar surface area (TPSA) is 49.3 Å². The molecule has 0 aromatic heterocycles. The maximum absolute atomic E-state index is 11.4. The van der Waals surface area contributed by atoms with Crippen LogP contribution in [0.2, 0.25) is 0 Å². The molecule has 0 bridgehead atoms.